The van der Waals surface area contributed by atoms with Crippen molar-refractivity contribution in [2.24, 2.45) is 0 Å². The Morgan fingerprint density at radius 1 is 1.78 bits per heavy atom. The van der Waals surface area contributed by atoms with Crippen LogP contribution in [0.2, 0.25) is 0 Å². The fourth-order valence-corrected chi connectivity index (χ4v) is 0.328. The Bertz CT molecular complexity index is 120. The molecule has 9 heavy (non-hydrogen) atoms. The van der Waals surface area contributed by atoms with Crippen LogP contribution in [0.4, 0.5) is 0 Å². The van der Waals surface area contributed by atoms with Crippen LogP contribution in [-0.4, -0.2) is 12.6 Å². The van der Waals surface area contributed by atoms with Crippen LogP contribution in [0.3, 0.4) is 0 Å². The first-order chi connectivity index (χ1) is 4.18. The molecule has 0 aliphatic carbocycles. The molecule has 0 bridgehead atoms. The van der Waals surface area contributed by atoms with E-state index < -0.39 is 5.97 Å². The molecule has 0 fully saturated rings. The van der Waals surface area contributed by atoms with Crippen LogP contribution < -0.4 is 0 Å². The monoisotopic (exact) mass is 148 g/mol. The van der Waals surface area contributed by atoms with Crippen LogP contribution in [0.25, 0.3) is 0 Å². The maximum absolute atomic E-state index is 10.4. The summed E-state index contributed by atoms with van der Waals surface area (Å²) < 4.78 is 4.58. The summed E-state index contributed by atoms with van der Waals surface area (Å²) in [6, 6.07) is 0. The van der Waals surface area contributed by atoms with Gasteiger partial charge in [0.15, 0.2) is 0 Å². The van der Waals surface area contributed by atoms with Gasteiger partial charge in [0, 0.05) is 0 Å². The van der Waals surface area contributed by atoms with Gasteiger partial charge in [-0.1, -0.05) is 25.1 Å². The van der Waals surface area contributed by atoms with Gasteiger partial charge in [0.1, 0.15) is 5.03 Å². The summed E-state index contributed by atoms with van der Waals surface area (Å²) in [5, 5.41) is -0.0662. The van der Waals surface area contributed by atoms with Crippen LogP contribution in [0.15, 0.2) is 11.6 Å². The molecule has 0 rings (SSSR count). The van der Waals surface area contributed by atoms with Gasteiger partial charge < -0.3 is 4.74 Å². The van der Waals surface area contributed by atoms with Gasteiger partial charge >= 0.3 is 5.97 Å². The molecule has 2 nitrogen and oxygen atoms in total. The van der Waals surface area contributed by atoms with E-state index in [2.05, 4.69) is 11.3 Å². The standard InChI is InChI=1S/C6H9ClO2/c1-3-4-9-6(8)5(2)7/h2-4H2,1H3. The molecule has 0 aliphatic rings. The number of esters is 1. The highest BCUT2D eigenvalue weighted by Crippen LogP contribution is 1.99. The highest BCUT2D eigenvalue weighted by molar-refractivity contribution is 6.40. The topological polar surface area (TPSA) is 26.3 Å². The van der Waals surface area contributed by atoms with Gasteiger partial charge in [-0.05, 0) is 6.42 Å². The molecule has 0 aromatic heterocycles. The van der Waals surface area contributed by atoms with E-state index in [0.717, 1.165) is 6.42 Å². The highest BCUT2D eigenvalue weighted by Gasteiger charge is 2.02. The third-order valence-corrected chi connectivity index (χ3v) is 0.813. The lowest BCUT2D eigenvalue weighted by molar-refractivity contribution is -0.138. The third-order valence-electron chi connectivity index (χ3n) is 0.659. The van der Waals surface area contributed by atoms with Crippen molar-refractivity contribution in [3.05, 3.63) is 11.6 Å². The van der Waals surface area contributed by atoms with Gasteiger partial charge in [-0.25, -0.2) is 4.79 Å². The number of hydrogen-bond donors (Lipinski definition) is 0. The molecule has 0 aromatic rings. The summed E-state index contributed by atoms with van der Waals surface area (Å²) in [7, 11) is 0. The predicted molar refractivity (Wildman–Crippen MR) is 36.2 cm³/mol. The molecule has 0 aromatic carbocycles. The molecule has 0 radical (unpaired) electrons. The van der Waals surface area contributed by atoms with Crippen LogP contribution in [0.5, 0.6) is 0 Å². The molecule has 0 spiro atoms. The molecular formula is C6H9ClO2. The van der Waals surface area contributed by atoms with E-state index in [1.807, 2.05) is 6.92 Å². The summed E-state index contributed by atoms with van der Waals surface area (Å²) in [6.45, 7) is 5.51. The lowest BCUT2D eigenvalue weighted by Gasteiger charge is -1.98. The van der Waals surface area contributed by atoms with Gasteiger partial charge in [0.2, 0.25) is 0 Å². The van der Waals surface area contributed by atoms with Crippen LogP contribution in [0, 0.1) is 0 Å². The summed E-state index contributed by atoms with van der Waals surface area (Å²) >= 11 is 5.19. The van der Waals surface area contributed by atoms with E-state index in [9.17, 15) is 4.79 Å². The van der Waals surface area contributed by atoms with Gasteiger partial charge in [-0.3, -0.25) is 0 Å². The SMILES string of the molecule is C=C(Cl)C(=O)OCCC. The van der Waals surface area contributed by atoms with E-state index in [4.69, 9.17) is 11.6 Å². The summed E-state index contributed by atoms with van der Waals surface area (Å²) in [5.41, 5.74) is 0. The molecule has 52 valence electrons. The highest BCUT2D eigenvalue weighted by atomic mass is 35.5. The van der Waals surface area contributed by atoms with E-state index in [-0.39, 0.29) is 5.03 Å². The molecule has 0 amide bonds. The summed E-state index contributed by atoms with van der Waals surface area (Å²) in [5.74, 6) is -0.529. The molecule has 0 heterocycles. The number of halogens is 1. The minimum atomic E-state index is -0.529. The van der Waals surface area contributed by atoms with Crippen molar-refractivity contribution in [1.82, 2.24) is 0 Å². The summed E-state index contributed by atoms with van der Waals surface area (Å²) in [4.78, 5) is 10.4. The fraction of sp³-hybridized carbons (Fsp3) is 0.500. The average Bonchev–Trinajstić information content (AvgIpc) is 1.82. The van der Waals surface area contributed by atoms with E-state index in [0.29, 0.717) is 6.61 Å². The van der Waals surface area contributed by atoms with Crippen molar-refractivity contribution >= 4 is 17.6 Å². The molecule has 0 N–H and O–H groups in total. The largest absolute Gasteiger partial charge is 0.461 e. The molecule has 3 heteroatoms. The third kappa shape index (κ3) is 4.03. The normalized spacial score (nSPS) is 8.67. The number of carbonyl (C=O) groups excluding carboxylic acids is 1. The zero-order chi connectivity index (χ0) is 7.28. The fourth-order valence-electron chi connectivity index (χ4n) is 0.273. The molecule has 0 saturated carbocycles. The Morgan fingerprint density at radius 3 is 2.67 bits per heavy atom. The maximum atomic E-state index is 10.4. The smallest absolute Gasteiger partial charge is 0.349 e. The van der Waals surface area contributed by atoms with E-state index in [1.54, 1.807) is 0 Å². The van der Waals surface area contributed by atoms with Crippen LogP contribution in [-0.2, 0) is 9.53 Å². The quantitative estimate of drug-likeness (QED) is 0.450. The van der Waals surface area contributed by atoms with E-state index in [1.165, 1.54) is 0 Å². The number of carbonyl (C=O) groups is 1. The van der Waals surface area contributed by atoms with Crippen molar-refractivity contribution in [2.75, 3.05) is 6.61 Å². The number of rotatable bonds is 3. The summed E-state index contributed by atoms with van der Waals surface area (Å²) in [6.07, 6.45) is 0.801. The molecule has 0 aliphatic heterocycles. The predicted octanol–water partition coefficient (Wildman–Crippen LogP) is 1.69. The van der Waals surface area contributed by atoms with Crippen molar-refractivity contribution < 1.29 is 9.53 Å². The zero-order valence-electron chi connectivity index (χ0n) is 5.32. The molecule has 0 unspecified atom stereocenters. The molecular weight excluding hydrogens is 140 g/mol. The second-order valence-corrected chi connectivity index (χ2v) is 2.00. The number of hydrogen-bond acceptors (Lipinski definition) is 2. The maximum Gasteiger partial charge on any atom is 0.349 e. The Balaban J connectivity index is 3.39. The van der Waals surface area contributed by atoms with Gasteiger partial charge in [0.25, 0.3) is 0 Å². The lowest BCUT2D eigenvalue weighted by Crippen LogP contribution is -2.03. The van der Waals surface area contributed by atoms with Gasteiger partial charge in [-0.15, -0.1) is 0 Å². The Morgan fingerprint density at radius 2 is 2.33 bits per heavy atom. The minimum absolute atomic E-state index is 0.0662. The molecule has 0 atom stereocenters. The first-order valence-electron chi connectivity index (χ1n) is 2.70. The zero-order valence-corrected chi connectivity index (χ0v) is 6.07. The Kier molecular flexibility index (Phi) is 4.14. The average molecular weight is 149 g/mol. The molecule has 0 saturated heterocycles. The second kappa shape index (κ2) is 4.39. The Hall–Kier alpha value is -0.500. The van der Waals surface area contributed by atoms with Gasteiger partial charge in [-0.2, -0.15) is 0 Å². The first-order valence-corrected chi connectivity index (χ1v) is 3.07. The van der Waals surface area contributed by atoms with Crippen molar-refractivity contribution in [3.8, 4) is 0 Å². The second-order valence-electron chi connectivity index (χ2n) is 1.54. The van der Waals surface area contributed by atoms with Crippen LogP contribution in [0.1, 0.15) is 13.3 Å². The van der Waals surface area contributed by atoms with Crippen LogP contribution >= 0.6 is 11.6 Å². The Labute approximate surface area is 59.5 Å². The van der Waals surface area contributed by atoms with Gasteiger partial charge in [0.05, 0.1) is 6.61 Å². The first kappa shape index (κ1) is 8.50. The van der Waals surface area contributed by atoms with Crippen molar-refractivity contribution in [2.45, 2.75) is 13.3 Å². The lowest BCUT2D eigenvalue weighted by atomic mass is 10.5. The van der Waals surface area contributed by atoms with Crippen molar-refractivity contribution in [1.29, 1.82) is 0 Å². The van der Waals surface area contributed by atoms with E-state index >= 15 is 0 Å². The number of ether oxygens (including phenoxy) is 1. The van der Waals surface area contributed by atoms with Crippen molar-refractivity contribution in [3.63, 3.8) is 0 Å². The minimum Gasteiger partial charge on any atom is -0.461 e.